The molecule has 4 nitrogen and oxygen atoms in total. The third kappa shape index (κ3) is 5.21. The first-order chi connectivity index (χ1) is 9.51. The van der Waals surface area contributed by atoms with Gasteiger partial charge in [-0.2, -0.15) is 0 Å². The Bertz CT molecular complexity index is 368. The Morgan fingerprint density at radius 3 is 2.45 bits per heavy atom. The molecule has 0 heterocycles. The Morgan fingerprint density at radius 1 is 1.25 bits per heavy atom. The summed E-state index contributed by atoms with van der Waals surface area (Å²) in [5.74, 6) is 0. The van der Waals surface area contributed by atoms with Gasteiger partial charge in [-0.3, -0.25) is 4.90 Å². The molecule has 0 saturated carbocycles. The minimum Gasteiger partial charge on any atom is -0.395 e. The van der Waals surface area contributed by atoms with Crippen LogP contribution >= 0.6 is 0 Å². The van der Waals surface area contributed by atoms with Gasteiger partial charge in [-0.25, -0.2) is 0 Å². The predicted octanol–water partition coefficient (Wildman–Crippen LogP) is 1.65. The summed E-state index contributed by atoms with van der Waals surface area (Å²) in [7, 11) is 1.69. The van der Waals surface area contributed by atoms with Gasteiger partial charge in [-0.15, -0.1) is 0 Å². The van der Waals surface area contributed by atoms with Crippen molar-refractivity contribution in [2.75, 3.05) is 40.0 Å². The molecule has 1 unspecified atom stereocenters. The van der Waals surface area contributed by atoms with E-state index in [2.05, 4.69) is 30.9 Å². The van der Waals surface area contributed by atoms with E-state index in [1.54, 1.807) is 7.11 Å². The Kier molecular flexibility index (Phi) is 7.16. The second-order valence-corrected chi connectivity index (χ2v) is 5.87. The van der Waals surface area contributed by atoms with Crippen molar-refractivity contribution in [2.45, 2.75) is 19.9 Å². The molecule has 0 aliphatic rings. The molecule has 0 bridgehead atoms. The molecule has 1 atom stereocenters. The van der Waals surface area contributed by atoms with E-state index in [1.807, 2.05) is 18.2 Å². The highest BCUT2D eigenvalue weighted by molar-refractivity contribution is 5.20. The van der Waals surface area contributed by atoms with Crippen LogP contribution in [0.25, 0.3) is 0 Å². The number of aliphatic hydroxyl groups is 1. The molecule has 1 aromatic carbocycles. The van der Waals surface area contributed by atoms with E-state index < -0.39 is 0 Å². The van der Waals surface area contributed by atoms with E-state index in [0.29, 0.717) is 13.2 Å². The van der Waals surface area contributed by atoms with Crippen LogP contribution in [0, 0.1) is 5.41 Å². The molecule has 1 rings (SSSR count). The third-order valence-corrected chi connectivity index (χ3v) is 3.66. The molecule has 0 fully saturated rings. The van der Waals surface area contributed by atoms with Gasteiger partial charge in [0.25, 0.3) is 0 Å². The number of hydrogen-bond acceptors (Lipinski definition) is 4. The lowest BCUT2D eigenvalue weighted by molar-refractivity contribution is 0.0920. The highest BCUT2D eigenvalue weighted by Crippen LogP contribution is 2.31. The molecule has 1 aromatic rings. The van der Waals surface area contributed by atoms with Crippen molar-refractivity contribution < 1.29 is 9.84 Å². The summed E-state index contributed by atoms with van der Waals surface area (Å²) in [6.45, 7) is 7.43. The van der Waals surface area contributed by atoms with Gasteiger partial charge in [0, 0.05) is 32.8 Å². The molecule has 114 valence electrons. The van der Waals surface area contributed by atoms with Crippen LogP contribution in [0.3, 0.4) is 0 Å². The molecule has 20 heavy (non-hydrogen) atoms. The molecular weight excluding hydrogens is 252 g/mol. The Hall–Kier alpha value is -0.940. The normalized spacial score (nSPS) is 13.7. The second kappa shape index (κ2) is 8.37. The Balaban J connectivity index is 2.70. The van der Waals surface area contributed by atoms with Gasteiger partial charge in [-0.1, -0.05) is 44.2 Å². The van der Waals surface area contributed by atoms with Gasteiger partial charge in [0.2, 0.25) is 0 Å². The Morgan fingerprint density at radius 2 is 1.90 bits per heavy atom. The van der Waals surface area contributed by atoms with E-state index in [9.17, 15) is 5.11 Å². The first-order valence-corrected chi connectivity index (χ1v) is 7.14. The molecule has 3 N–H and O–H groups in total. The van der Waals surface area contributed by atoms with Gasteiger partial charge in [0.05, 0.1) is 13.2 Å². The number of ether oxygens (including phenoxy) is 1. The number of nitrogens with zero attached hydrogens (tertiary/aromatic N) is 1. The number of methoxy groups -OCH3 is 1. The van der Waals surface area contributed by atoms with Crippen molar-refractivity contribution in [3.8, 4) is 0 Å². The first kappa shape index (κ1) is 17.1. The topological polar surface area (TPSA) is 58.7 Å². The number of rotatable bonds is 9. The van der Waals surface area contributed by atoms with Gasteiger partial charge in [-0.05, 0) is 11.0 Å². The van der Waals surface area contributed by atoms with Crippen LogP contribution in [-0.4, -0.2) is 50.0 Å². The summed E-state index contributed by atoms with van der Waals surface area (Å²) in [6, 6.07) is 10.1. The summed E-state index contributed by atoms with van der Waals surface area (Å²) in [5, 5.41) is 9.17. The smallest absolute Gasteiger partial charge is 0.0589 e. The van der Waals surface area contributed by atoms with Crippen LogP contribution in [0.15, 0.2) is 30.3 Å². The standard InChI is InChI=1S/C16H28N2O2/c1-16(2,13-18(9-11-19)10-12-20-3)15(17)14-7-5-4-6-8-14/h4-8,15,19H,9-13,17H2,1-3H3. The van der Waals surface area contributed by atoms with Gasteiger partial charge >= 0.3 is 0 Å². The van der Waals surface area contributed by atoms with Crippen molar-refractivity contribution >= 4 is 0 Å². The Labute approximate surface area is 122 Å². The average molecular weight is 280 g/mol. The lowest BCUT2D eigenvalue weighted by Gasteiger charge is -2.37. The fourth-order valence-corrected chi connectivity index (χ4v) is 2.42. The highest BCUT2D eigenvalue weighted by atomic mass is 16.5. The summed E-state index contributed by atoms with van der Waals surface area (Å²) < 4.78 is 5.12. The number of hydrogen-bond donors (Lipinski definition) is 2. The summed E-state index contributed by atoms with van der Waals surface area (Å²) in [5.41, 5.74) is 7.49. The zero-order chi connectivity index (χ0) is 15.0. The zero-order valence-corrected chi connectivity index (χ0v) is 12.9. The first-order valence-electron chi connectivity index (χ1n) is 7.14. The van der Waals surface area contributed by atoms with E-state index in [0.717, 1.165) is 18.7 Å². The number of benzene rings is 1. The van der Waals surface area contributed by atoms with Gasteiger partial charge in [0.15, 0.2) is 0 Å². The number of nitrogens with two attached hydrogens (primary N) is 1. The molecular formula is C16H28N2O2. The van der Waals surface area contributed by atoms with Crippen LogP contribution < -0.4 is 5.73 Å². The van der Waals surface area contributed by atoms with E-state index in [4.69, 9.17) is 10.5 Å². The maximum atomic E-state index is 9.17. The average Bonchev–Trinajstić information content (AvgIpc) is 2.45. The lowest BCUT2D eigenvalue weighted by atomic mass is 9.80. The lowest BCUT2D eigenvalue weighted by Crippen LogP contribution is -2.43. The van der Waals surface area contributed by atoms with E-state index in [-0.39, 0.29) is 18.1 Å². The molecule has 0 spiro atoms. The summed E-state index contributed by atoms with van der Waals surface area (Å²) in [6.07, 6.45) is 0. The molecule has 0 amide bonds. The van der Waals surface area contributed by atoms with Crippen LogP contribution in [0.1, 0.15) is 25.5 Å². The maximum absolute atomic E-state index is 9.17. The van der Waals surface area contributed by atoms with Crippen molar-refractivity contribution in [3.05, 3.63) is 35.9 Å². The quantitative estimate of drug-likeness (QED) is 0.722. The molecule has 0 saturated heterocycles. The monoisotopic (exact) mass is 280 g/mol. The summed E-state index contributed by atoms with van der Waals surface area (Å²) >= 11 is 0. The summed E-state index contributed by atoms with van der Waals surface area (Å²) in [4.78, 5) is 2.20. The SMILES string of the molecule is COCCN(CCO)CC(C)(C)C(N)c1ccccc1. The van der Waals surface area contributed by atoms with Crippen LogP contribution in [0.4, 0.5) is 0 Å². The fourth-order valence-electron chi connectivity index (χ4n) is 2.42. The van der Waals surface area contributed by atoms with Gasteiger partial charge < -0.3 is 15.6 Å². The molecule has 0 aromatic heterocycles. The van der Waals surface area contributed by atoms with Crippen LogP contribution in [0.5, 0.6) is 0 Å². The van der Waals surface area contributed by atoms with Crippen LogP contribution in [0.2, 0.25) is 0 Å². The maximum Gasteiger partial charge on any atom is 0.0589 e. The number of aliphatic hydroxyl groups excluding tert-OH is 1. The molecule has 0 aliphatic carbocycles. The molecule has 0 aliphatic heterocycles. The van der Waals surface area contributed by atoms with Gasteiger partial charge in [0.1, 0.15) is 0 Å². The second-order valence-electron chi connectivity index (χ2n) is 5.87. The fraction of sp³-hybridized carbons (Fsp3) is 0.625. The van der Waals surface area contributed by atoms with Crippen molar-refractivity contribution in [3.63, 3.8) is 0 Å². The van der Waals surface area contributed by atoms with Crippen molar-refractivity contribution in [1.82, 2.24) is 4.90 Å². The minimum absolute atomic E-state index is 0.0348. The van der Waals surface area contributed by atoms with E-state index >= 15 is 0 Å². The molecule has 0 radical (unpaired) electrons. The predicted molar refractivity (Wildman–Crippen MR) is 82.6 cm³/mol. The molecule has 4 heteroatoms. The largest absolute Gasteiger partial charge is 0.395 e. The minimum atomic E-state index is -0.0791. The highest BCUT2D eigenvalue weighted by Gasteiger charge is 2.29. The van der Waals surface area contributed by atoms with Crippen molar-refractivity contribution in [2.24, 2.45) is 11.1 Å². The van der Waals surface area contributed by atoms with E-state index in [1.165, 1.54) is 0 Å². The van der Waals surface area contributed by atoms with Crippen molar-refractivity contribution in [1.29, 1.82) is 0 Å². The third-order valence-electron chi connectivity index (χ3n) is 3.66. The zero-order valence-electron chi connectivity index (χ0n) is 12.9. The van der Waals surface area contributed by atoms with Crippen LogP contribution in [-0.2, 0) is 4.74 Å².